The molecule has 2 N–H and O–H groups in total. The van der Waals surface area contributed by atoms with Gasteiger partial charge in [0, 0.05) is 18.7 Å². The number of carbonyl (C=O) groups is 1. The quantitative estimate of drug-likeness (QED) is 0.362. The van der Waals surface area contributed by atoms with Gasteiger partial charge in [0.25, 0.3) is 11.6 Å². The van der Waals surface area contributed by atoms with Gasteiger partial charge < -0.3 is 10.6 Å². The van der Waals surface area contributed by atoms with Crippen molar-refractivity contribution in [2.45, 2.75) is 46.1 Å². The number of benzene rings is 1. The number of unbranched alkanes of at least 4 members (excludes halogenated alkanes) is 2. The zero-order chi connectivity index (χ0) is 16.0. The van der Waals surface area contributed by atoms with E-state index in [9.17, 15) is 14.9 Å². The second-order valence-corrected chi connectivity index (χ2v) is 5.29. The molecule has 1 aromatic carbocycles. The second kappa shape index (κ2) is 7.61. The molecule has 0 unspecified atom stereocenters. The molecule has 0 aliphatic heterocycles. The summed E-state index contributed by atoms with van der Waals surface area (Å²) < 4.78 is 0. The molecule has 1 rings (SSSR count). The molecule has 6 heteroatoms. The van der Waals surface area contributed by atoms with E-state index in [0.717, 1.165) is 19.3 Å². The van der Waals surface area contributed by atoms with Gasteiger partial charge in [0.1, 0.15) is 5.69 Å². The number of nitro benzene ring substituents is 1. The normalized spacial score (nSPS) is 10.7. The monoisotopic (exact) mass is 293 g/mol. The molecule has 0 aromatic heterocycles. The molecule has 0 bridgehead atoms. The molecule has 0 atom stereocenters. The van der Waals surface area contributed by atoms with E-state index in [0.29, 0.717) is 6.54 Å². The predicted molar refractivity (Wildman–Crippen MR) is 83.2 cm³/mol. The Morgan fingerprint density at radius 1 is 1.38 bits per heavy atom. The lowest BCUT2D eigenvalue weighted by molar-refractivity contribution is -0.383. The fourth-order valence-electron chi connectivity index (χ4n) is 2.18. The lowest BCUT2D eigenvalue weighted by atomic mass is 10.1. The van der Waals surface area contributed by atoms with E-state index in [1.54, 1.807) is 11.0 Å². The van der Waals surface area contributed by atoms with Crippen molar-refractivity contribution in [2.75, 3.05) is 12.3 Å². The summed E-state index contributed by atoms with van der Waals surface area (Å²) in [5.74, 6) is -0.248. The van der Waals surface area contributed by atoms with Crippen molar-refractivity contribution in [3.05, 3.63) is 33.9 Å². The maximum absolute atomic E-state index is 12.6. The van der Waals surface area contributed by atoms with E-state index in [-0.39, 0.29) is 28.9 Å². The highest BCUT2D eigenvalue weighted by atomic mass is 16.6. The highest BCUT2D eigenvalue weighted by Gasteiger charge is 2.24. The molecule has 0 fully saturated rings. The van der Waals surface area contributed by atoms with Crippen LogP contribution < -0.4 is 5.73 Å². The number of nitrogens with two attached hydrogens (primary N) is 1. The fourth-order valence-corrected chi connectivity index (χ4v) is 2.18. The van der Waals surface area contributed by atoms with E-state index in [1.807, 2.05) is 13.8 Å². The summed E-state index contributed by atoms with van der Waals surface area (Å²) in [4.78, 5) is 24.7. The third kappa shape index (κ3) is 4.18. The van der Waals surface area contributed by atoms with Gasteiger partial charge in [-0.05, 0) is 26.3 Å². The molecule has 1 amide bonds. The van der Waals surface area contributed by atoms with Gasteiger partial charge in [-0.15, -0.1) is 0 Å². The first-order chi connectivity index (χ1) is 9.90. The number of nitrogens with zero attached hydrogens (tertiary/aromatic N) is 2. The average Bonchev–Trinajstić information content (AvgIpc) is 2.42. The van der Waals surface area contributed by atoms with Crippen LogP contribution in [0.25, 0.3) is 0 Å². The van der Waals surface area contributed by atoms with Crippen LogP contribution >= 0.6 is 0 Å². The van der Waals surface area contributed by atoms with Crippen LogP contribution in [0.1, 0.15) is 50.4 Å². The van der Waals surface area contributed by atoms with Gasteiger partial charge in [0.05, 0.1) is 10.5 Å². The molecule has 1 aromatic rings. The van der Waals surface area contributed by atoms with E-state index in [4.69, 9.17) is 5.73 Å². The SMILES string of the molecule is CCCCCN(C(=O)c1cccc([N+](=O)[O-])c1N)C(C)C. The number of nitro groups is 1. The first-order valence-corrected chi connectivity index (χ1v) is 7.24. The van der Waals surface area contributed by atoms with E-state index in [2.05, 4.69) is 6.92 Å². The van der Waals surface area contributed by atoms with Crippen molar-refractivity contribution in [1.82, 2.24) is 4.90 Å². The third-order valence-corrected chi connectivity index (χ3v) is 3.40. The fraction of sp³-hybridized carbons (Fsp3) is 0.533. The van der Waals surface area contributed by atoms with Crippen LogP contribution in [0.2, 0.25) is 0 Å². The molecule has 0 saturated carbocycles. The number of para-hydroxylation sites is 1. The van der Waals surface area contributed by atoms with E-state index in [1.165, 1.54) is 12.1 Å². The molecule has 0 heterocycles. The molecule has 0 saturated heterocycles. The van der Waals surface area contributed by atoms with Crippen LogP contribution in [0.4, 0.5) is 11.4 Å². The number of amides is 1. The van der Waals surface area contributed by atoms with Crippen LogP contribution in [0, 0.1) is 10.1 Å². The van der Waals surface area contributed by atoms with Crippen molar-refractivity contribution in [3.8, 4) is 0 Å². The average molecular weight is 293 g/mol. The topological polar surface area (TPSA) is 89.5 Å². The molecule has 6 nitrogen and oxygen atoms in total. The molecule has 0 radical (unpaired) electrons. The van der Waals surface area contributed by atoms with Gasteiger partial charge >= 0.3 is 0 Å². The lowest BCUT2D eigenvalue weighted by Gasteiger charge is -2.27. The standard InChI is InChI=1S/C15H23N3O3/c1-4-5-6-10-17(11(2)3)15(19)12-8-7-9-13(14(12)16)18(20)21/h7-9,11H,4-6,10,16H2,1-3H3. The molecular formula is C15H23N3O3. The van der Waals surface area contributed by atoms with Crippen molar-refractivity contribution < 1.29 is 9.72 Å². The summed E-state index contributed by atoms with van der Waals surface area (Å²) in [6, 6.07) is 4.36. The molecule has 0 aliphatic carbocycles. The summed E-state index contributed by atoms with van der Waals surface area (Å²) in [5.41, 5.74) is 5.71. The largest absolute Gasteiger partial charge is 0.393 e. The molecule has 0 spiro atoms. The van der Waals surface area contributed by atoms with Crippen molar-refractivity contribution >= 4 is 17.3 Å². The zero-order valence-electron chi connectivity index (χ0n) is 12.8. The molecule has 21 heavy (non-hydrogen) atoms. The molecule has 116 valence electrons. The maximum Gasteiger partial charge on any atom is 0.292 e. The minimum absolute atomic E-state index is 0.0213. The third-order valence-electron chi connectivity index (χ3n) is 3.40. The maximum atomic E-state index is 12.6. The number of hydrogen-bond acceptors (Lipinski definition) is 4. The van der Waals surface area contributed by atoms with Gasteiger partial charge in [0.15, 0.2) is 0 Å². The van der Waals surface area contributed by atoms with E-state index < -0.39 is 4.92 Å². The zero-order valence-corrected chi connectivity index (χ0v) is 12.8. The summed E-state index contributed by atoms with van der Waals surface area (Å²) in [6.45, 7) is 6.58. The Balaban J connectivity index is 3.04. The van der Waals surface area contributed by atoms with Crippen molar-refractivity contribution in [3.63, 3.8) is 0 Å². The highest BCUT2D eigenvalue weighted by Crippen LogP contribution is 2.26. The first kappa shape index (κ1) is 16.9. The number of carbonyl (C=O) groups excluding carboxylic acids is 1. The number of rotatable bonds is 7. The van der Waals surface area contributed by atoms with Crippen LogP contribution in [-0.4, -0.2) is 28.3 Å². The smallest absolute Gasteiger partial charge is 0.292 e. The van der Waals surface area contributed by atoms with Crippen LogP contribution in [0.5, 0.6) is 0 Å². The highest BCUT2D eigenvalue weighted by molar-refractivity contribution is 6.01. The Morgan fingerprint density at radius 2 is 2.05 bits per heavy atom. The summed E-state index contributed by atoms with van der Waals surface area (Å²) in [5, 5.41) is 10.9. The minimum atomic E-state index is -0.567. The number of hydrogen-bond donors (Lipinski definition) is 1. The van der Waals surface area contributed by atoms with Crippen LogP contribution in [-0.2, 0) is 0 Å². The Morgan fingerprint density at radius 3 is 2.57 bits per heavy atom. The second-order valence-electron chi connectivity index (χ2n) is 5.29. The first-order valence-electron chi connectivity index (χ1n) is 7.24. The van der Waals surface area contributed by atoms with E-state index >= 15 is 0 Å². The molecule has 0 aliphatic rings. The van der Waals surface area contributed by atoms with Crippen LogP contribution in [0.3, 0.4) is 0 Å². The summed E-state index contributed by atoms with van der Waals surface area (Å²) in [6.07, 6.45) is 3.02. The Bertz CT molecular complexity index is 515. The minimum Gasteiger partial charge on any atom is -0.393 e. The number of anilines is 1. The Labute approximate surface area is 125 Å². The van der Waals surface area contributed by atoms with Gasteiger partial charge in [0.2, 0.25) is 0 Å². The van der Waals surface area contributed by atoms with Crippen molar-refractivity contribution in [2.24, 2.45) is 0 Å². The Kier molecular flexibility index (Phi) is 6.14. The number of nitrogen functional groups attached to an aromatic ring is 1. The lowest BCUT2D eigenvalue weighted by Crippen LogP contribution is -2.38. The van der Waals surface area contributed by atoms with Crippen LogP contribution in [0.15, 0.2) is 18.2 Å². The van der Waals surface area contributed by atoms with Gasteiger partial charge in [-0.2, -0.15) is 0 Å². The Hall–Kier alpha value is -2.11. The predicted octanol–water partition coefficient (Wildman–Crippen LogP) is 3.22. The van der Waals surface area contributed by atoms with Gasteiger partial charge in [-0.25, -0.2) is 0 Å². The van der Waals surface area contributed by atoms with Gasteiger partial charge in [-0.3, -0.25) is 14.9 Å². The van der Waals surface area contributed by atoms with Gasteiger partial charge in [-0.1, -0.05) is 25.8 Å². The van der Waals surface area contributed by atoms with Crippen molar-refractivity contribution in [1.29, 1.82) is 0 Å². The summed E-state index contributed by atoms with van der Waals surface area (Å²) in [7, 11) is 0. The summed E-state index contributed by atoms with van der Waals surface area (Å²) >= 11 is 0. The molecular weight excluding hydrogens is 270 g/mol.